The predicted molar refractivity (Wildman–Crippen MR) is 80.0 cm³/mol. The van der Waals surface area contributed by atoms with Gasteiger partial charge >= 0.3 is 0 Å². The van der Waals surface area contributed by atoms with E-state index < -0.39 is 0 Å². The molecule has 2 aromatic rings. The van der Waals surface area contributed by atoms with Gasteiger partial charge in [-0.3, -0.25) is 4.99 Å². The number of nitrogens with one attached hydrogen (secondary N) is 1. The third-order valence-electron chi connectivity index (χ3n) is 3.18. The number of para-hydroxylation sites is 1. The first-order chi connectivity index (χ1) is 8.86. The summed E-state index contributed by atoms with van der Waals surface area (Å²) in [5.41, 5.74) is 0.942. The highest BCUT2D eigenvalue weighted by molar-refractivity contribution is 5.86. The topological polar surface area (TPSA) is 37.5 Å². The van der Waals surface area contributed by atoms with E-state index in [-0.39, 0.29) is 12.4 Å². The molecule has 2 heterocycles. The maximum Gasteiger partial charge on any atom is 0.134 e. The first kappa shape index (κ1) is 13.5. The molecule has 0 saturated heterocycles. The van der Waals surface area contributed by atoms with Crippen LogP contribution in [0.2, 0.25) is 0 Å². The zero-order valence-corrected chi connectivity index (χ0v) is 11.2. The molecule has 1 unspecified atom stereocenters. The van der Waals surface area contributed by atoms with Crippen LogP contribution < -0.4 is 5.32 Å². The van der Waals surface area contributed by atoms with Gasteiger partial charge in [0.15, 0.2) is 0 Å². The molecule has 1 aromatic heterocycles. The number of rotatable bonds is 2. The van der Waals surface area contributed by atoms with Crippen molar-refractivity contribution >= 4 is 29.2 Å². The zero-order valence-electron chi connectivity index (χ0n) is 10.4. The molecule has 1 aromatic carbocycles. The lowest BCUT2D eigenvalue weighted by Crippen LogP contribution is -2.22. The van der Waals surface area contributed by atoms with Crippen LogP contribution in [0.5, 0.6) is 0 Å². The van der Waals surface area contributed by atoms with Crippen molar-refractivity contribution in [2.75, 3.05) is 13.1 Å². The van der Waals surface area contributed by atoms with Crippen molar-refractivity contribution in [1.29, 1.82) is 0 Å². The molecule has 4 heteroatoms. The highest BCUT2D eigenvalue weighted by Crippen LogP contribution is 2.30. The largest absolute Gasteiger partial charge is 0.461 e. The fourth-order valence-electron chi connectivity index (χ4n) is 2.26. The highest BCUT2D eigenvalue weighted by Gasteiger charge is 2.23. The average Bonchev–Trinajstić information content (AvgIpc) is 3.02. The van der Waals surface area contributed by atoms with E-state index in [1.165, 1.54) is 0 Å². The molecule has 0 fully saturated rings. The number of fused-ring (bicyclic) bond motifs is 1. The lowest BCUT2D eigenvalue weighted by atomic mass is 10.0. The molecule has 0 amide bonds. The standard InChI is InChI=1S/C15H14N2O.ClH/c1-2-7-16-15-9-12(10-17-15)14-8-11-5-3-4-6-13(11)18-14;/h1,3-6,8,12H,7,9-10H2,(H,16,17);1H. The number of hydrogen-bond donors (Lipinski definition) is 1. The van der Waals surface area contributed by atoms with Gasteiger partial charge in [-0.2, -0.15) is 0 Å². The summed E-state index contributed by atoms with van der Waals surface area (Å²) in [6.45, 7) is 1.30. The van der Waals surface area contributed by atoms with Crippen LogP contribution in [-0.2, 0) is 0 Å². The van der Waals surface area contributed by atoms with Crippen molar-refractivity contribution < 1.29 is 4.42 Å². The molecule has 0 saturated carbocycles. The van der Waals surface area contributed by atoms with Crippen LogP contribution in [0.3, 0.4) is 0 Å². The Balaban J connectivity index is 0.00000133. The molecule has 0 radical (unpaired) electrons. The molecular weight excluding hydrogens is 260 g/mol. The zero-order chi connectivity index (χ0) is 12.4. The molecule has 1 N–H and O–H groups in total. The summed E-state index contributed by atoms with van der Waals surface area (Å²) in [4.78, 5) is 4.45. The Hall–Kier alpha value is -1.92. The van der Waals surface area contributed by atoms with Gasteiger partial charge in [0.2, 0.25) is 0 Å². The first-order valence-electron chi connectivity index (χ1n) is 6.06. The minimum absolute atomic E-state index is 0. The lowest BCUT2D eigenvalue weighted by Gasteiger charge is -2.04. The number of furan rings is 1. The second-order valence-corrected chi connectivity index (χ2v) is 4.43. The Kier molecular flexibility index (Phi) is 4.13. The molecule has 0 bridgehead atoms. The van der Waals surface area contributed by atoms with Gasteiger partial charge in [-0.25, -0.2) is 0 Å². The van der Waals surface area contributed by atoms with E-state index in [1.807, 2.05) is 18.2 Å². The van der Waals surface area contributed by atoms with Gasteiger partial charge in [0.1, 0.15) is 11.3 Å². The van der Waals surface area contributed by atoms with Crippen LogP contribution in [0, 0.1) is 12.3 Å². The minimum Gasteiger partial charge on any atom is -0.461 e. The van der Waals surface area contributed by atoms with E-state index in [9.17, 15) is 0 Å². The summed E-state index contributed by atoms with van der Waals surface area (Å²) in [6, 6.07) is 10.2. The molecule has 3 nitrogen and oxygen atoms in total. The van der Waals surface area contributed by atoms with Gasteiger partial charge in [-0.15, -0.1) is 18.8 Å². The Labute approximate surface area is 118 Å². The third kappa shape index (κ3) is 2.74. The number of hydrogen-bond acceptors (Lipinski definition) is 3. The molecule has 98 valence electrons. The van der Waals surface area contributed by atoms with Gasteiger partial charge in [-0.1, -0.05) is 24.1 Å². The molecule has 19 heavy (non-hydrogen) atoms. The van der Waals surface area contributed by atoms with E-state index in [4.69, 9.17) is 10.8 Å². The van der Waals surface area contributed by atoms with Crippen LogP contribution in [0.25, 0.3) is 11.0 Å². The Morgan fingerprint density at radius 2 is 2.26 bits per heavy atom. The normalized spacial score (nSPS) is 17.6. The summed E-state index contributed by atoms with van der Waals surface area (Å²) >= 11 is 0. The van der Waals surface area contributed by atoms with Crippen LogP contribution >= 0.6 is 12.4 Å². The number of halogens is 1. The molecular formula is C15H15ClN2O. The van der Waals surface area contributed by atoms with E-state index in [0.29, 0.717) is 12.5 Å². The Bertz CT molecular complexity index is 606. The van der Waals surface area contributed by atoms with E-state index in [2.05, 4.69) is 28.4 Å². The molecule has 1 aliphatic heterocycles. The molecule has 0 aliphatic carbocycles. The fourth-order valence-corrected chi connectivity index (χ4v) is 2.26. The summed E-state index contributed by atoms with van der Waals surface area (Å²) in [6.07, 6.45) is 6.09. The quantitative estimate of drug-likeness (QED) is 0.855. The summed E-state index contributed by atoms with van der Waals surface area (Å²) < 4.78 is 5.86. The number of amidine groups is 1. The van der Waals surface area contributed by atoms with Crippen molar-refractivity contribution in [2.45, 2.75) is 12.3 Å². The van der Waals surface area contributed by atoms with Crippen LogP contribution in [-0.4, -0.2) is 18.9 Å². The van der Waals surface area contributed by atoms with E-state index in [1.54, 1.807) is 0 Å². The van der Waals surface area contributed by atoms with Gasteiger partial charge in [0.05, 0.1) is 18.9 Å². The van der Waals surface area contributed by atoms with Crippen LogP contribution in [0.1, 0.15) is 18.1 Å². The Morgan fingerprint density at radius 3 is 3.05 bits per heavy atom. The molecule has 0 spiro atoms. The summed E-state index contributed by atoms with van der Waals surface area (Å²) in [5, 5.41) is 4.29. The average molecular weight is 275 g/mol. The van der Waals surface area contributed by atoms with Crippen LogP contribution in [0.4, 0.5) is 0 Å². The third-order valence-corrected chi connectivity index (χ3v) is 3.18. The number of terminal acetylenes is 1. The van der Waals surface area contributed by atoms with Gasteiger partial charge in [0, 0.05) is 17.7 Å². The minimum atomic E-state index is 0. The first-order valence-corrected chi connectivity index (χ1v) is 6.06. The SMILES string of the molecule is C#CCNC1=NCC(c2cc3ccccc3o2)C1.Cl. The smallest absolute Gasteiger partial charge is 0.134 e. The predicted octanol–water partition coefficient (Wildman–Crippen LogP) is 2.96. The van der Waals surface area contributed by atoms with Gasteiger partial charge in [-0.05, 0) is 12.1 Å². The fraction of sp³-hybridized carbons (Fsp3) is 0.267. The Morgan fingerprint density at radius 1 is 1.42 bits per heavy atom. The van der Waals surface area contributed by atoms with Crippen molar-refractivity contribution in [2.24, 2.45) is 4.99 Å². The van der Waals surface area contributed by atoms with Crippen LogP contribution in [0.15, 0.2) is 39.7 Å². The molecule has 3 rings (SSSR count). The summed E-state index contributed by atoms with van der Waals surface area (Å²) in [7, 11) is 0. The van der Waals surface area contributed by atoms with E-state index in [0.717, 1.165) is 35.5 Å². The maximum atomic E-state index is 5.86. The van der Waals surface area contributed by atoms with E-state index >= 15 is 0 Å². The number of benzene rings is 1. The molecule has 1 atom stereocenters. The highest BCUT2D eigenvalue weighted by atomic mass is 35.5. The van der Waals surface area contributed by atoms with Gasteiger partial charge in [0.25, 0.3) is 0 Å². The number of aliphatic imine (C=N–C) groups is 1. The maximum absolute atomic E-state index is 5.86. The molecule has 1 aliphatic rings. The summed E-state index contributed by atoms with van der Waals surface area (Å²) in [5.74, 6) is 4.88. The lowest BCUT2D eigenvalue weighted by molar-refractivity contribution is 0.508. The number of nitrogens with zero attached hydrogens (tertiary/aromatic N) is 1. The van der Waals surface area contributed by atoms with Crippen molar-refractivity contribution in [3.05, 3.63) is 36.1 Å². The van der Waals surface area contributed by atoms with Gasteiger partial charge < -0.3 is 9.73 Å². The second kappa shape index (κ2) is 5.81. The van der Waals surface area contributed by atoms with Crippen molar-refractivity contribution in [3.63, 3.8) is 0 Å². The van der Waals surface area contributed by atoms with Crippen molar-refractivity contribution in [3.8, 4) is 12.3 Å². The monoisotopic (exact) mass is 274 g/mol. The van der Waals surface area contributed by atoms with Crippen molar-refractivity contribution in [1.82, 2.24) is 5.32 Å². The second-order valence-electron chi connectivity index (χ2n) is 4.43.